The van der Waals surface area contributed by atoms with Gasteiger partial charge >= 0.3 is 0 Å². The van der Waals surface area contributed by atoms with E-state index in [9.17, 15) is 8.42 Å². The third-order valence-electron chi connectivity index (χ3n) is 3.29. The second-order valence-corrected chi connectivity index (χ2v) is 7.13. The normalized spacial score (nSPS) is 20.4. The maximum Gasteiger partial charge on any atom is 0.215 e. The molecule has 1 heterocycles. The van der Waals surface area contributed by atoms with Gasteiger partial charge in [-0.3, -0.25) is 0 Å². The number of hydrogen-bond donors (Lipinski definition) is 2. The highest BCUT2D eigenvalue weighted by atomic mass is 35.5. The fourth-order valence-corrected chi connectivity index (χ4v) is 3.75. The lowest BCUT2D eigenvalue weighted by molar-refractivity contribution is 0.376. The van der Waals surface area contributed by atoms with E-state index in [2.05, 4.69) is 10.0 Å². The van der Waals surface area contributed by atoms with Gasteiger partial charge in [-0.1, -0.05) is 29.8 Å². The Morgan fingerprint density at radius 3 is 2.84 bits per heavy atom. The summed E-state index contributed by atoms with van der Waals surface area (Å²) < 4.78 is 26.7. The molecule has 1 aliphatic heterocycles. The number of halogens is 1. The van der Waals surface area contributed by atoms with Crippen LogP contribution in [0.1, 0.15) is 18.4 Å². The molecule has 106 valence electrons. The Kier molecular flexibility index (Phi) is 5.21. The summed E-state index contributed by atoms with van der Waals surface area (Å²) in [6.45, 7) is 2.41. The first kappa shape index (κ1) is 14.8. The smallest absolute Gasteiger partial charge is 0.215 e. The topological polar surface area (TPSA) is 58.2 Å². The van der Waals surface area contributed by atoms with Crippen molar-refractivity contribution in [2.24, 2.45) is 5.92 Å². The minimum atomic E-state index is -3.32. The van der Waals surface area contributed by atoms with Gasteiger partial charge in [0.05, 0.1) is 5.75 Å². The summed E-state index contributed by atoms with van der Waals surface area (Å²) in [5, 5.41) is 3.77. The Morgan fingerprint density at radius 1 is 1.37 bits per heavy atom. The summed E-state index contributed by atoms with van der Waals surface area (Å²) in [7, 11) is -3.32. The SMILES string of the molecule is O=S(=O)(Cc1ccccc1Cl)NCC1CCCNC1. The minimum Gasteiger partial charge on any atom is -0.316 e. The van der Waals surface area contributed by atoms with Crippen LogP contribution in [0.2, 0.25) is 5.02 Å². The first-order valence-corrected chi connectivity index (χ1v) is 8.51. The van der Waals surface area contributed by atoms with Crippen molar-refractivity contribution in [3.05, 3.63) is 34.9 Å². The Labute approximate surface area is 119 Å². The Bertz CT molecular complexity index is 513. The second-order valence-electron chi connectivity index (χ2n) is 4.91. The van der Waals surface area contributed by atoms with Crippen molar-refractivity contribution in [1.29, 1.82) is 0 Å². The highest BCUT2D eigenvalue weighted by Crippen LogP contribution is 2.17. The molecule has 0 amide bonds. The average Bonchev–Trinajstić information content (AvgIpc) is 2.40. The van der Waals surface area contributed by atoms with Crippen LogP contribution < -0.4 is 10.0 Å². The highest BCUT2D eigenvalue weighted by Gasteiger charge is 2.18. The lowest BCUT2D eigenvalue weighted by Gasteiger charge is -2.22. The second kappa shape index (κ2) is 6.70. The predicted octanol–water partition coefficient (Wildman–Crippen LogP) is 1.76. The molecule has 4 nitrogen and oxygen atoms in total. The van der Waals surface area contributed by atoms with Crippen LogP contribution in [0.25, 0.3) is 0 Å². The molecule has 6 heteroatoms. The fraction of sp³-hybridized carbons (Fsp3) is 0.538. The fourth-order valence-electron chi connectivity index (χ4n) is 2.21. The molecule has 1 atom stereocenters. The minimum absolute atomic E-state index is 0.0627. The molecule has 19 heavy (non-hydrogen) atoms. The molecule has 0 bridgehead atoms. The van der Waals surface area contributed by atoms with Crippen molar-refractivity contribution in [3.8, 4) is 0 Å². The molecule has 0 saturated carbocycles. The molecule has 1 aromatic carbocycles. The lowest BCUT2D eigenvalue weighted by Crippen LogP contribution is -2.38. The van der Waals surface area contributed by atoms with Gasteiger partial charge in [0.1, 0.15) is 0 Å². The van der Waals surface area contributed by atoms with E-state index in [0.717, 1.165) is 25.9 Å². The molecule has 0 radical (unpaired) electrons. The lowest BCUT2D eigenvalue weighted by atomic mass is 10.0. The Hall–Kier alpha value is -0.620. The zero-order valence-electron chi connectivity index (χ0n) is 10.7. The zero-order valence-corrected chi connectivity index (χ0v) is 12.3. The van der Waals surface area contributed by atoms with Crippen LogP contribution in [0.3, 0.4) is 0 Å². The number of hydrogen-bond acceptors (Lipinski definition) is 3. The van der Waals surface area contributed by atoms with Gasteiger partial charge in [-0.15, -0.1) is 0 Å². The molecule has 0 aliphatic carbocycles. The summed E-state index contributed by atoms with van der Waals surface area (Å²) in [4.78, 5) is 0. The van der Waals surface area contributed by atoms with Crippen LogP contribution in [0, 0.1) is 5.92 Å². The summed E-state index contributed by atoms with van der Waals surface area (Å²) in [6.07, 6.45) is 2.18. The number of rotatable bonds is 5. The van der Waals surface area contributed by atoms with Gasteiger partial charge in [0.15, 0.2) is 0 Å². The number of nitrogens with one attached hydrogen (secondary N) is 2. The first-order chi connectivity index (χ1) is 9.07. The van der Waals surface area contributed by atoms with E-state index in [1.165, 1.54) is 0 Å². The van der Waals surface area contributed by atoms with E-state index in [1.54, 1.807) is 24.3 Å². The molecule has 1 aliphatic rings. The van der Waals surface area contributed by atoms with Gasteiger partial charge in [-0.05, 0) is 43.5 Å². The van der Waals surface area contributed by atoms with Gasteiger partial charge in [0.25, 0.3) is 0 Å². The molecule has 1 saturated heterocycles. The van der Waals surface area contributed by atoms with Gasteiger partial charge in [-0.2, -0.15) is 0 Å². The van der Waals surface area contributed by atoms with Crippen molar-refractivity contribution in [2.45, 2.75) is 18.6 Å². The quantitative estimate of drug-likeness (QED) is 0.871. The third kappa shape index (κ3) is 4.76. The summed E-state index contributed by atoms with van der Waals surface area (Å²) in [5.41, 5.74) is 0.637. The van der Waals surface area contributed by atoms with Crippen molar-refractivity contribution in [2.75, 3.05) is 19.6 Å². The molecule has 0 aromatic heterocycles. The first-order valence-electron chi connectivity index (χ1n) is 6.48. The Balaban J connectivity index is 1.90. The van der Waals surface area contributed by atoms with Crippen LogP contribution >= 0.6 is 11.6 Å². The maximum absolute atomic E-state index is 12.0. The Morgan fingerprint density at radius 2 is 2.16 bits per heavy atom. The number of sulfonamides is 1. The van der Waals surface area contributed by atoms with Crippen LogP contribution in [0.15, 0.2) is 24.3 Å². The van der Waals surface area contributed by atoms with Gasteiger partial charge in [-0.25, -0.2) is 13.1 Å². The maximum atomic E-state index is 12.0. The zero-order chi connectivity index (χ0) is 13.7. The van der Waals surface area contributed by atoms with E-state index in [4.69, 9.17) is 11.6 Å². The standard InChI is InChI=1S/C13H19ClN2O2S/c14-13-6-2-1-5-12(13)10-19(17,18)16-9-11-4-3-7-15-8-11/h1-2,5-6,11,15-16H,3-4,7-10H2. The molecular formula is C13H19ClN2O2S. The molecule has 1 aromatic rings. The van der Waals surface area contributed by atoms with E-state index in [0.29, 0.717) is 23.0 Å². The molecular weight excluding hydrogens is 284 g/mol. The van der Waals surface area contributed by atoms with Crippen LogP contribution in [0.5, 0.6) is 0 Å². The van der Waals surface area contributed by atoms with Crippen molar-refractivity contribution < 1.29 is 8.42 Å². The largest absolute Gasteiger partial charge is 0.316 e. The van der Waals surface area contributed by atoms with Crippen LogP contribution in [-0.4, -0.2) is 28.1 Å². The summed E-state index contributed by atoms with van der Waals surface area (Å²) in [6, 6.07) is 7.03. The van der Waals surface area contributed by atoms with E-state index < -0.39 is 10.0 Å². The van der Waals surface area contributed by atoms with Crippen molar-refractivity contribution >= 4 is 21.6 Å². The third-order valence-corrected chi connectivity index (χ3v) is 4.96. The number of benzene rings is 1. The van der Waals surface area contributed by atoms with Crippen molar-refractivity contribution in [1.82, 2.24) is 10.0 Å². The van der Waals surface area contributed by atoms with Crippen molar-refractivity contribution in [3.63, 3.8) is 0 Å². The summed E-state index contributed by atoms with van der Waals surface area (Å²) >= 11 is 5.98. The van der Waals surface area contributed by atoms with E-state index >= 15 is 0 Å². The van der Waals surface area contributed by atoms with Gasteiger partial charge in [0.2, 0.25) is 10.0 Å². The highest BCUT2D eigenvalue weighted by molar-refractivity contribution is 7.88. The van der Waals surface area contributed by atoms with Gasteiger partial charge in [0, 0.05) is 11.6 Å². The monoisotopic (exact) mass is 302 g/mol. The summed E-state index contributed by atoms with van der Waals surface area (Å²) in [5.74, 6) is 0.321. The molecule has 2 rings (SSSR count). The molecule has 0 spiro atoms. The van der Waals surface area contributed by atoms with Gasteiger partial charge < -0.3 is 5.32 Å². The number of piperidine rings is 1. The van der Waals surface area contributed by atoms with E-state index in [1.807, 2.05) is 0 Å². The van der Waals surface area contributed by atoms with Crippen LogP contribution in [0.4, 0.5) is 0 Å². The predicted molar refractivity (Wildman–Crippen MR) is 77.7 cm³/mol. The van der Waals surface area contributed by atoms with E-state index in [-0.39, 0.29) is 5.75 Å². The molecule has 2 N–H and O–H groups in total. The van der Waals surface area contributed by atoms with Crippen LogP contribution in [-0.2, 0) is 15.8 Å². The molecule has 1 unspecified atom stereocenters. The molecule has 1 fully saturated rings. The average molecular weight is 303 g/mol.